The number of amides is 1. The first-order valence-electron chi connectivity index (χ1n) is 6.11. The molecule has 110 valence electrons. The predicted octanol–water partition coefficient (Wildman–Crippen LogP) is 3.29. The van der Waals surface area contributed by atoms with E-state index in [0.29, 0.717) is 17.3 Å². The van der Waals surface area contributed by atoms with Crippen LogP contribution in [-0.4, -0.2) is 20.8 Å². The minimum Gasteiger partial charge on any atom is -0.332 e. The zero-order valence-electron chi connectivity index (χ0n) is 11.1. The lowest BCUT2D eigenvalue weighted by Gasteiger charge is -2.11. The van der Waals surface area contributed by atoms with Gasteiger partial charge in [0.15, 0.2) is 5.11 Å². The maximum atomic E-state index is 12.2. The van der Waals surface area contributed by atoms with Crippen LogP contribution in [0.5, 0.6) is 0 Å². The van der Waals surface area contributed by atoms with Gasteiger partial charge in [0.1, 0.15) is 5.69 Å². The molecule has 0 bridgehead atoms. The van der Waals surface area contributed by atoms with Gasteiger partial charge in [0, 0.05) is 10.1 Å². The molecule has 5 nitrogen and oxygen atoms in total. The number of aryl methyl sites for hydroxylation is 1. The van der Waals surface area contributed by atoms with Crippen LogP contribution in [0.1, 0.15) is 17.4 Å². The number of thiocarbonyl (C=S) groups is 1. The largest absolute Gasteiger partial charge is 0.332 e. The Morgan fingerprint density at radius 1 is 1.48 bits per heavy atom. The third kappa shape index (κ3) is 3.92. The Hall–Kier alpha value is -1.19. The van der Waals surface area contributed by atoms with Crippen molar-refractivity contribution in [2.24, 2.45) is 0 Å². The van der Waals surface area contributed by atoms with Gasteiger partial charge < -0.3 is 5.32 Å². The lowest BCUT2D eigenvalue weighted by Crippen LogP contribution is -2.35. The van der Waals surface area contributed by atoms with E-state index >= 15 is 0 Å². The Morgan fingerprint density at radius 2 is 2.19 bits per heavy atom. The van der Waals surface area contributed by atoms with Crippen LogP contribution in [0.3, 0.4) is 0 Å². The van der Waals surface area contributed by atoms with Crippen LogP contribution in [0, 0.1) is 3.57 Å². The molecule has 2 aromatic rings. The normalized spacial score (nSPS) is 10.2. The quantitative estimate of drug-likeness (QED) is 0.575. The first-order valence-corrected chi connectivity index (χ1v) is 7.97. The van der Waals surface area contributed by atoms with E-state index in [1.807, 2.05) is 31.2 Å². The highest BCUT2D eigenvalue weighted by atomic mass is 127. The summed E-state index contributed by atoms with van der Waals surface area (Å²) in [5.41, 5.74) is 1.13. The van der Waals surface area contributed by atoms with Gasteiger partial charge in [-0.05, 0) is 53.9 Å². The number of carbonyl (C=O) groups excluding carboxylic acids is 1. The molecule has 0 saturated heterocycles. The highest BCUT2D eigenvalue weighted by Gasteiger charge is 2.17. The van der Waals surface area contributed by atoms with E-state index in [4.69, 9.17) is 23.8 Å². The van der Waals surface area contributed by atoms with Crippen LogP contribution in [-0.2, 0) is 6.54 Å². The van der Waals surface area contributed by atoms with Crippen LogP contribution < -0.4 is 10.6 Å². The van der Waals surface area contributed by atoms with E-state index in [-0.39, 0.29) is 11.0 Å². The number of halogens is 2. The first kappa shape index (κ1) is 16.2. The average molecular weight is 435 g/mol. The summed E-state index contributed by atoms with van der Waals surface area (Å²) in [5.74, 6) is -0.386. The SMILES string of the molecule is CCn1ncc(Cl)c1C(=O)NC(=S)Nc1ccccc1I. The number of hydrogen-bond acceptors (Lipinski definition) is 3. The Bertz CT molecular complexity index is 689. The molecule has 1 aromatic carbocycles. The van der Waals surface area contributed by atoms with Crippen molar-refractivity contribution >= 4 is 63.1 Å². The number of nitrogens with zero attached hydrogens (tertiary/aromatic N) is 2. The van der Waals surface area contributed by atoms with E-state index in [2.05, 4.69) is 38.3 Å². The number of anilines is 1. The predicted molar refractivity (Wildman–Crippen MR) is 95.8 cm³/mol. The summed E-state index contributed by atoms with van der Waals surface area (Å²) in [6.07, 6.45) is 1.44. The fourth-order valence-electron chi connectivity index (χ4n) is 1.71. The number of nitrogens with one attached hydrogen (secondary N) is 2. The highest BCUT2D eigenvalue weighted by molar-refractivity contribution is 14.1. The van der Waals surface area contributed by atoms with Crippen molar-refractivity contribution in [2.75, 3.05) is 5.32 Å². The molecule has 1 amide bonds. The van der Waals surface area contributed by atoms with Crippen molar-refractivity contribution < 1.29 is 4.79 Å². The fraction of sp³-hybridized carbons (Fsp3) is 0.154. The Kier molecular flexibility index (Phi) is 5.54. The van der Waals surface area contributed by atoms with Gasteiger partial charge in [-0.25, -0.2) is 0 Å². The maximum absolute atomic E-state index is 12.2. The van der Waals surface area contributed by atoms with Crippen molar-refractivity contribution in [1.82, 2.24) is 15.1 Å². The molecule has 0 aliphatic carbocycles. The molecule has 2 N–H and O–H groups in total. The molecule has 21 heavy (non-hydrogen) atoms. The Labute approximate surface area is 146 Å². The fourth-order valence-corrected chi connectivity index (χ4v) is 2.66. The maximum Gasteiger partial charge on any atom is 0.277 e. The first-order chi connectivity index (χ1) is 10.0. The summed E-state index contributed by atoms with van der Waals surface area (Å²) < 4.78 is 2.52. The lowest BCUT2D eigenvalue weighted by atomic mass is 10.3. The number of para-hydroxylation sites is 1. The van der Waals surface area contributed by atoms with Crippen molar-refractivity contribution in [3.8, 4) is 0 Å². The monoisotopic (exact) mass is 434 g/mol. The standard InChI is InChI=1S/C13H12ClIN4OS/c1-2-19-11(8(14)7-16-19)12(20)18-13(21)17-10-6-4-3-5-9(10)15/h3-7H,2H2,1H3,(H2,17,18,20,21). The second-order valence-corrected chi connectivity index (χ2v) is 6.02. The van der Waals surface area contributed by atoms with Crippen LogP contribution in [0.4, 0.5) is 5.69 Å². The zero-order valence-corrected chi connectivity index (χ0v) is 14.8. The van der Waals surface area contributed by atoms with Gasteiger partial charge in [0.05, 0.1) is 16.9 Å². The third-order valence-corrected chi connectivity index (χ3v) is 4.08. The van der Waals surface area contributed by atoms with Gasteiger partial charge in [-0.2, -0.15) is 5.10 Å². The molecule has 0 fully saturated rings. The Morgan fingerprint density at radius 3 is 2.86 bits per heavy atom. The van der Waals surface area contributed by atoms with E-state index in [1.54, 1.807) is 0 Å². The Balaban J connectivity index is 2.08. The van der Waals surface area contributed by atoms with E-state index in [0.717, 1.165) is 9.26 Å². The van der Waals surface area contributed by atoms with E-state index in [9.17, 15) is 4.79 Å². The highest BCUT2D eigenvalue weighted by Crippen LogP contribution is 2.17. The van der Waals surface area contributed by atoms with Gasteiger partial charge >= 0.3 is 0 Å². The van der Waals surface area contributed by atoms with Crippen LogP contribution in [0.2, 0.25) is 5.02 Å². The summed E-state index contributed by atoms with van der Waals surface area (Å²) >= 11 is 13.3. The van der Waals surface area contributed by atoms with Gasteiger partial charge in [-0.1, -0.05) is 23.7 Å². The number of benzene rings is 1. The van der Waals surface area contributed by atoms with Gasteiger partial charge in [0.25, 0.3) is 5.91 Å². The smallest absolute Gasteiger partial charge is 0.277 e. The number of carbonyl (C=O) groups is 1. The number of hydrogen-bond donors (Lipinski definition) is 2. The second kappa shape index (κ2) is 7.19. The summed E-state index contributed by atoms with van der Waals surface area (Å²) in [4.78, 5) is 12.2. The summed E-state index contributed by atoms with van der Waals surface area (Å²) in [6.45, 7) is 2.43. The number of aromatic nitrogens is 2. The molecule has 0 unspecified atom stereocenters. The molecule has 2 rings (SSSR count). The summed E-state index contributed by atoms with van der Waals surface area (Å²) in [7, 11) is 0. The lowest BCUT2D eigenvalue weighted by molar-refractivity contribution is 0.0967. The minimum atomic E-state index is -0.386. The number of rotatable bonds is 3. The van der Waals surface area contributed by atoms with Crippen LogP contribution in [0.15, 0.2) is 30.5 Å². The van der Waals surface area contributed by atoms with Crippen molar-refractivity contribution in [3.05, 3.63) is 44.7 Å². The summed E-state index contributed by atoms with van der Waals surface area (Å²) in [6, 6.07) is 7.63. The van der Waals surface area contributed by atoms with Gasteiger partial charge in [-0.15, -0.1) is 0 Å². The molecule has 0 aliphatic heterocycles. The molecule has 1 heterocycles. The van der Waals surface area contributed by atoms with Crippen LogP contribution >= 0.6 is 46.4 Å². The molecule has 0 spiro atoms. The molecule has 0 saturated carbocycles. The molecule has 1 aromatic heterocycles. The van der Waals surface area contributed by atoms with E-state index < -0.39 is 0 Å². The molecule has 0 radical (unpaired) electrons. The third-order valence-electron chi connectivity index (χ3n) is 2.66. The van der Waals surface area contributed by atoms with Gasteiger partial charge in [0.2, 0.25) is 0 Å². The van der Waals surface area contributed by atoms with Crippen molar-refractivity contribution in [2.45, 2.75) is 13.5 Å². The summed E-state index contributed by atoms with van der Waals surface area (Å²) in [5, 5.41) is 10.1. The zero-order chi connectivity index (χ0) is 15.4. The second-order valence-electron chi connectivity index (χ2n) is 4.04. The van der Waals surface area contributed by atoms with Crippen LogP contribution in [0.25, 0.3) is 0 Å². The molecule has 8 heteroatoms. The molecular weight excluding hydrogens is 423 g/mol. The van der Waals surface area contributed by atoms with Gasteiger partial charge in [-0.3, -0.25) is 14.8 Å². The van der Waals surface area contributed by atoms with Crippen molar-refractivity contribution in [3.63, 3.8) is 0 Å². The molecular formula is C13H12ClIN4OS. The van der Waals surface area contributed by atoms with E-state index in [1.165, 1.54) is 10.9 Å². The average Bonchev–Trinajstić information content (AvgIpc) is 2.82. The topological polar surface area (TPSA) is 59.0 Å². The molecule has 0 atom stereocenters. The van der Waals surface area contributed by atoms with Crippen molar-refractivity contribution in [1.29, 1.82) is 0 Å². The molecule has 0 aliphatic rings. The minimum absolute atomic E-state index is 0.212.